The summed E-state index contributed by atoms with van der Waals surface area (Å²) < 4.78 is 34.2. The van der Waals surface area contributed by atoms with Gasteiger partial charge in [0, 0.05) is 207 Å². The van der Waals surface area contributed by atoms with E-state index in [9.17, 15) is 29.1 Å². The molecule has 30 heteroatoms. The number of nitrogens with zero attached hydrogens (tertiary/aromatic N) is 10. The predicted octanol–water partition coefficient (Wildman–Crippen LogP) is 17.7. The summed E-state index contributed by atoms with van der Waals surface area (Å²) in [5.74, 6) is 2.63. The molecule has 0 radical (unpaired) electrons. The number of nitrogens with two attached hydrogens (primary N) is 2. The summed E-state index contributed by atoms with van der Waals surface area (Å²) in [5, 5.41) is 58.5. The molecule has 752 valence electrons. The lowest BCUT2D eigenvalue weighted by molar-refractivity contribution is -0.120. The van der Waals surface area contributed by atoms with Crippen LogP contribution in [0.2, 0.25) is 0 Å². The van der Waals surface area contributed by atoms with Crippen molar-refractivity contribution in [3.63, 3.8) is 0 Å². The van der Waals surface area contributed by atoms with Crippen molar-refractivity contribution in [1.29, 1.82) is 0 Å². The molecule has 0 atom stereocenters. The van der Waals surface area contributed by atoms with E-state index in [0.717, 1.165) is 169 Å². The number of likely N-dealkylation sites (N-methyl/N-ethyl adjacent to an activating group) is 1. The number of benzene rings is 15. The second-order valence-corrected chi connectivity index (χ2v) is 37.7. The number of phenolic OH excluding ortho intramolecular Hbond substituents is 1. The third kappa shape index (κ3) is 21.8. The Hall–Kier alpha value is -17.2. The Labute approximate surface area is 865 Å². The Morgan fingerprint density at radius 1 is 0.430 bits per heavy atom. The average Bonchev–Trinajstić information content (AvgIpc) is 1.68. The largest absolute Gasteiger partial charge is 0.508 e. The number of aromatic hydroxyl groups is 1. The number of aromatic nitrogens is 6. The number of phenols is 1. The maximum absolute atomic E-state index is 14.2. The third-order valence-electron chi connectivity index (χ3n) is 28.2. The molecule has 17 aromatic rings. The number of guanidine groups is 1. The fourth-order valence-electron chi connectivity index (χ4n) is 21.0. The van der Waals surface area contributed by atoms with Crippen molar-refractivity contribution >= 4 is 129 Å². The smallest absolute Gasteiger partial charge is 0.298 e. The Bertz CT molecular complexity index is 8340. The summed E-state index contributed by atoms with van der Waals surface area (Å²) >= 11 is 5.74. The van der Waals surface area contributed by atoms with Crippen LogP contribution in [0.15, 0.2) is 305 Å². The van der Waals surface area contributed by atoms with Crippen LogP contribution >= 0.6 is 12.2 Å². The standard InChI is InChI=1S/C53H44N6O7S.C33H35N7O2.C33H35N5O2/c1-64-46-20-13-34(39-11-4-5-12-40(39)46)29-58-23-21-45-44(30-58)51(52(63)55-28-33-9-6-8-32-7-2-3-10-38(32)33)57-59(45)24-22-54-53(67)56-35-14-17-41(47(25-35)65-31-60)50-42-18-15-36(61)26-48(42)66-49-27-37(62)16-19-43(49)50;1-42-30-14-13-24(26-11-4-5-12-27(26)30)20-39-17-15-29-28(21-39)31(38-40(29)18-16-36-33(34)35)32(41)37-19-23-9-6-8-22-7-2-3-10-25(22)23;1-34-17-19-38-30-16-18-37(21-25-14-15-31(40-2)28-13-6-5-12-27(25)28)22-29(30)32(36-38)33(39)35-20-24-10-7-9-23-8-3-4-11-26(23)24/h2-20,25-27,31,61H,21-24,28-30H2,1H3,(H,55,63)(H2,54,56,67);2-14H,15-21H2,1H3,(H,37,41)(H4,34,35,36);3-15,34H,16-22H2,1-2H3,(H,35,39). The van der Waals surface area contributed by atoms with Crippen LogP contribution in [0, 0.1) is 0 Å². The molecule has 0 saturated heterocycles. The van der Waals surface area contributed by atoms with Crippen LogP contribution < -0.4 is 67.7 Å². The van der Waals surface area contributed by atoms with Crippen LogP contribution in [0.3, 0.4) is 0 Å². The van der Waals surface area contributed by atoms with Crippen LogP contribution in [-0.4, -0.2) is 152 Å². The van der Waals surface area contributed by atoms with Crippen molar-refractivity contribution in [2.75, 3.05) is 73.0 Å². The second-order valence-electron chi connectivity index (χ2n) is 37.3. The molecule has 0 unspecified atom stereocenters. The highest BCUT2D eigenvalue weighted by Gasteiger charge is 2.34. The molecule has 0 fully saturated rings. The number of carbonyl (C=O) groups excluding carboxylic acids is 4. The van der Waals surface area contributed by atoms with E-state index >= 15 is 0 Å². The summed E-state index contributed by atoms with van der Waals surface area (Å²) in [7, 11) is 7.04. The van der Waals surface area contributed by atoms with E-state index in [2.05, 4.69) is 185 Å². The molecule has 5 aliphatic rings. The third-order valence-corrected chi connectivity index (χ3v) is 28.4. The van der Waals surface area contributed by atoms with Crippen molar-refractivity contribution in [2.45, 2.75) is 97.8 Å². The van der Waals surface area contributed by atoms with E-state index in [0.29, 0.717) is 146 Å². The zero-order chi connectivity index (χ0) is 103. The quantitative estimate of drug-likeness (QED) is 0.00641. The van der Waals surface area contributed by atoms with Gasteiger partial charge in [0.2, 0.25) is 0 Å². The molecular weight excluding hydrogens is 1890 g/mol. The second kappa shape index (κ2) is 45.2. The fourth-order valence-corrected chi connectivity index (χ4v) is 21.2. The zero-order valence-corrected chi connectivity index (χ0v) is 84.0. The van der Waals surface area contributed by atoms with Crippen LogP contribution in [0.4, 0.5) is 5.69 Å². The van der Waals surface area contributed by atoms with E-state index in [1.54, 1.807) is 51.7 Å². The van der Waals surface area contributed by atoms with Crippen molar-refractivity contribution in [3.05, 3.63) is 386 Å². The van der Waals surface area contributed by atoms with Gasteiger partial charge in [-0.05, 0) is 156 Å². The minimum atomic E-state index is -0.237. The Morgan fingerprint density at radius 2 is 0.832 bits per heavy atom. The van der Waals surface area contributed by atoms with Crippen LogP contribution in [0.5, 0.6) is 28.7 Å². The predicted molar refractivity (Wildman–Crippen MR) is 589 cm³/mol. The Morgan fingerprint density at radius 3 is 1.26 bits per heavy atom. The Balaban J connectivity index is 0.000000142. The molecule has 4 aliphatic heterocycles. The normalized spacial score (nSPS) is 13.0. The number of aliphatic imine (C=N–C) groups is 1. The highest BCUT2D eigenvalue weighted by molar-refractivity contribution is 7.80. The fraction of sp³-hybridized carbons (Fsp3) is 0.210. The van der Waals surface area contributed by atoms with E-state index < -0.39 is 0 Å². The molecule has 0 saturated carbocycles. The van der Waals surface area contributed by atoms with Gasteiger partial charge in [-0.3, -0.25) is 57.7 Å². The zero-order valence-electron chi connectivity index (χ0n) is 83.2. The minimum Gasteiger partial charge on any atom is -0.508 e. The lowest BCUT2D eigenvalue weighted by Gasteiger charge is -2.28. The van der Waals surface area contributed by atoms with Crippen molar-refractivity contribution in [2.24, 2.45) is 16.5 Å². The first-order valence-corrected chi connectivity index (χ1v) is 50.3. The van der Waals surface area contributed by atoms with Gasteiger partial charge in [0.1, 0.15) is 40.1 Å². The molecule has 7 heterocycles. The molecule has 14 aromatic carbocycles. The van der Waals surface area contributed by atoms with E-state index in [4.69, 9.17) is 62.3 Å². The number of fused-ring (bicyclic) bond motifs is 11. The summed E-state index contributed by atoms with van der Waals surface area (Å²) in [6.45, 7) is 11.5. The first-order valence-electron chi connectivity index (χ1n) is 49.9. The highest BCUT2D eigenvalue weighted by Crippen LogP contribution is 2.46. The molecule has 149 heavy (non-hydrogen) atoms. The van der Waals surface area contributed by atoms with E-state index in [1.807, 2.05) is 124 Å². The van der Waals surface area contributed by atoms with E-state index in [-0.39, 0.29) is 40.6 Å². The van der Waals surface area contributed by atoms with Crippen LogP contribution in [0.25, 0.3) is 98.1 Å². The van der Waals surface area contributed by atoms with Gasteiger partial charge in [-0.2, -0.15) is 15.3 Å². The van der Waals surface area contributed by atoms with Gasteiger partial charge >= 0.3 is 0 Å². The van der Waals surface area contributed by atoms with Crippen molar-refractivity contribution < 1.29 is 47.6 Å². The van der Waals surface area contributed by atoms with Gasteiger partial charge in [0.05, 0.1) is 47.5 Å². The maximum atomic E-state index is 14.2. The number of methoxy groups -OCH3 is 3. The van der Waals surface area contributed by atoms with Gasteiger partial charge in [-0.1, -0.05) is 218 Å². The average molecular weight is 2000 g/mol. The molecule has 0 bridgehead atoms. The summed E-state index contributed by atoms with van der Waals surface area (Å²) in [5.41, 5.74) is 28.0. The summed E-state index contributed by atoms with van der Waals surface area (Å²) in [4.78, 5) is 76.8. The summed E-state index contributed by atoms with van der Waals surface area (Å²) in [6, 6.07) is 95.0. The van der Waals surface area contributed by atoms with Gasteiger partial charge < -0.3 is 71.8 Å². The number of hydrogen-bond acceptors (Lipinski definition) is 20. The van der Waals surface area contributed by atoms with Gasteiger partial charge in [0.15, 0.2) is 33.6 Å². The van der Waals surface area contributed by atoms with Crippen molar-refractivity contribution in [3.8, 4) is 51.2 Å². The lowest BCUT2D eigenvalue weighted by atomic mass is 9.93. The SMILES string of the molecule is CNCCn1nc(C(=O)NCc2cccc3ccccc23)c2c1CCN(Cc1ccc(OC)c3ccccc13)C2.COc1ccc(CN2CCc3c(c(C(=O)NCc4cccc5ccccc45)nn3CCN=C(N)N)C2)c2ccccc12.COc1ccc(CN2CCc3c(c(C(=O)NCc4cccc5ccccc45)nn3CCNC(=S)Nc3ccc(-c4c5ccc(=O)cc-5oc5cc(O)ccc45)c(OC=O)c3)C2)c2ccccc12. The van der Waals surface area contributed by atoms with Gasteiger partial charge in [-0.15, -0.1) is 0 Å². The first-order chi connectivity index (χ1) is 72.9. The number of anilines is 1. The highest BCUT2D eigenvalue weighted by atomic mass is 32.1. The van der Waals surface area contributed by atoms with E-state index in [1.165, 1.54) is 62.8 Å². The molecule has 1 aliphatic carbocycles. The van der Waals surface area contributed by atoms with Crippen LogP contribution in [-0.2, 0) is 103 Å². The monoisotopic (exact) mass is 2000 g/mol. The molecule has 29 nitrogen and oxygen atoms in total. The minimum absolute atomic E-state index is 0.00258. The number of amides is 3. The maximum Gasteiger partial charge on any atom is 0.298 e. The lowest BCUT2D eigenvalue weighted by Crippen LogP contribution is -2.33. The number of carbonyl (C=O) groups is 4. The number of thiocarbonyl (C=S) groups is 1. The number of ether oxygens (including phenoxy) is 4. The Kier molecular flexibility index (Phi) is 30.1. The topological polar surface area (TPSA) is 355 Å². The number of hydrogen-bond donors (Lipinski definition) is 9. The van der Waals surface area contributed by atoms with Gasteiger partial charge in [0.25, 0.3) is 24.2 Å². The molecule has 0 spiro atoms. The molecule has 3 aromatic heterocycles. The summed E-state index contributed by atoms with van der Waals surface area (Å²) in [6.07, 6.45) is 2.33. The van der Waals surface area contributed by atoms with Crippen molar-refractivity contribution in [1.82, 2.24) is 70.6 Å². The first kappa shape index (κ1) is 99.2. The van der Waals surface area contributed by atoms with Crippen LogP contribution in [0.1, 0.15) is 98.6 Å². The molecular formula is C119H114N18O11S. The van der Waals surface area contributed by atoms with Gasteiger partial charge in [-0.25, -0.2) is 0 Å². The molecule has 11 N–H and O–H groups in total. The number of nitrogens with one attached hydrogen (secondary N) is 6. The molecule has 3 amide bonds. The molecule has 22 rings (SSSR count). The number of rotatable bonds is 31.